The molecule has 1 aliphatic heterocycles. The van der Waals surface area contributed by atoms with Crippen molar-refractivity contribution in [1.29, 1.82) is 0 Å². The van der Waals surface area contributed by atoms with Crippen molar-refractivity contribution < 1.29 is 9.53 Å². The normalized spacial score (nSPS) is 13.7. The van der Waals surface area contributed by atoms with Crippen molar-refractivity contribution in [2.24, 2.45) is 0 Å². The molecule has 3 rings (SSSR count). The van der Waals surface area contributed by atoms with Gasteiger partial charge in [0.1, 0.15) is 11.0 Å². The predicted octanol–water partition coefficient (Wildman–Crippen LogP) is 4.07. The van der Waals surface area contributed by atoms with E-state index in [1.807, 2.05) is 46.2 Å². The summed E-state index contributed by atoms with van der Waals surface area (Å²) in [6.45, 7) is 11.3. The third-order valence-electron chi connectivity index (χ3n) is 4.52. The lowest BCUT2D eigenvalue weighted by molar-refractivity contribution is 0.0303. The number of rotatable bonds is 9. The highest BCUT2D eigenvalue weighted by molar-refractivity contribution is 7.98. The summed E-state index contributed by atoms with van der Waals surface area (Å²) in [6, 6.07) is 9.42. The standard InChI is InChI=1S/C22H25ClN4O2S/c1-3-8-26(9-4-2)20-15-19(23)24-22(25-20)30-16-17-6-5-7-18(14-17)21(28)27-10-12-29-13-11-27/h3-7,14-15H,1-2,8-13,16H2. The molecule has 0 atom stereocenters. The van der Waals surface area contributed by atoms with Crippen LogP contribution in [0.5, 0.6) is 0 Å². The van der Waals surface area contributed by atoms with E-state index in [2.05, 4.69) is 23.1 Å². The molecule has 0 spiro atoms. The minimum Gasteiger partial charge on any atom is -0.378 e. The highest BCUT2D eigenvalue weighted by Gasteiger charge is 2.18. The number of amides is 1. The van der Waals surface area contributed by atoms with Gasteiger partial charge in [-0.05, 0) is 17.7 Å². The summed E-state index contributed by atoms with van der Waals surface area (Å²) in [6.07, 6.45) is 3.62. The molecule has 0 bridgehead atoms. The Hall–Kier alpha value is -2.35. The topological polar surface area (TPSA) is 58.6 Å². The second-order valence-corrected chi connectivity index (χ2v) is 8.04. The first-order valence-electron chi connectivity index (χ1n) is 9.71. The summed E-state index contributed by atoms with van der Waals surface area (Å²) >= 11 is 7.71. The fraction of sp³-hybridized carbons (Fsp3) is 0.318. The van der Waals surface area contributed by atoms with Gasteiger partial charge in [-0.1, -0.05) is 47.6 Å². The number of halogens is 1. The first-order chi connectivity index (χ1) is 14.6. The van der Waals surface area contributed by atoms with Crippen LogP contribution in [-0.2, 0) is 10.5 Å². The van der Waals surface area contributed by atoms with Gasteiger partial charge in [-0.15, -0.1) is 13.2 Å². The van der Waals surface area contributed by atoms with Gasteiger partial charge in [0.15, 0.2) is 5.16 Å². The van der Waals surface area contributed by atoms with E-state index in [0.29, 0.717) is 61.0 Å². The summed E-state index contributed by atoms with van der Waals surface area (Å²) in [5.41, 5.74) is 1.71. The average Bonchev–Trinajstić information content (AvgIpc) is 2.77. The Labute approximate surface area is 186 Å². The van der Waals surface area contributed by atoms with E-state index in [0.717, 1.165) is 11.4 Å². The molecule has 8 heteroatoms. The number of anilines is 1. The second-order valence-electron chi connectivity index (χ2n) is 6.71. The number of carbonyl (C=O) groups is 1. The number of thioether (sulfide) groups is 1. The van der Waals surface area contributed by atoms with E-state index in [9.17, 15) is 4.79 Å². The minimum absolute atomic E-state index is 0.0379. The van der Waals surface area contributed by atoms with E-state index in [1.165, 1.54) is 11.8 Å². The lowest BCUT2D eigenvalue weighted by Gasteiger charge is -2.27. The van der Waals surface area contributed by atoms with Crippen molar-refractivity contribution in [3.63, 3.8) is 0 Å². The number of aromatic nitrogens is 2. The molecule has 1 aliphatic rings. The van der Waals surface area contributed by atoms with Crippen molar-refractivity contribution >= 4 is 35.1 Å². The zero-order valence-electron chi connectivity index (χ0n) is 16.8. The van der Waals surface area contributed by atoms with Gasteiger partial charge in [-0.25, -0.2) is 9.97 Å². The van der Waals surface area contributed by atoms with Gasteiger partial charge in [0.25, 0.3) is 5.91 Å². The SMILES string of the molecule is C=CCN(CC=C)c1cc(Cl)nc(SCc2cccc(C(=O)N3CCOCC3)c2)n1. The maximum atomic E-state index is 12.7. The first-order valence-corrected chi connectivity index (χ1v) is 11.1. The largest absolute Gasteiger partial charge is 0.378 e. The van der Waals surface area contributed by atoms with Crippen molar-refractivity contribution in [1.82, 2.24) is 14.9 Å². The number of carbonyl (C=O) groups excluding carboxylic acids is 1. The molecule has 30 heavy (non-hydrogen) atoms. The highest BCUT2D eigenvalue weighted by Crippen LogP contribution is 2.25. The van der Waals surface area contributed by atoms with Gasteiger partial charge in [0.05, 0.1) is 13.2 Å². The Morgan fingerprint density at radius 2 is 1.93 bits per heavy atom. The second kappa shape index (κ2) is 11.2. The zero-order valence-corrected chi connectivity index (χ0v) is 18.4. The maximum Gasteiger partial charge on any atom is 0.254 e. The van der Waals surface area contributed by atoms with Crippen molar-refractivity contribution in [3.8, 4) is 0 Å². The molecule has 1 aromatic heterocycles. The smallest absolute Gasteiger partial charge is 0.254 e. The lowest BCUT2D eigenvalue weighted by atomic mass is 10.1. The van der Waals surface area contributed by atoms with Crippen LogP contribution < -0.4 is 4.90 Å². The van der Waals surface area contributed by atoms with Crippen LogP contribution in [0.4, 0.5) is 5.82 Å². The molecule has 0 saturated carbocycles. The van der Waals surface area contributed by atoms with Gasteiger partial charge >= 0.3 is 0 Å². The molecule has 158 valence electrons. The van der Waals surface area contributed by atoms with Crippen LogP contribution in [0.1, 0.15) is 15.9 Å². The summed E-state index contributed by atoms with van der Waals surface area (Å²) < 4.78 is 5.33. The third kappa shape index (κ3) is 6.08. The molecule has 1 saturated heterocycles. The van der Waals surface area contributed by atoms with Gasteiger partial charge in [-0.3, -0.25) is 4.79 Å². The number of nitrogens with zero attached hydrogens (tertiary/aromatic N) is 4. The molecule has 2 heterocycles. The Kier molecular flexibility index (Phi) is 8.30. The van der Waals surface area contributed by atoms with Gasteiger partial charge in [0, 0.05) is 43.6 Å². The van der Waals surface area contributed by atoms with Crippen molar-refractivity contribution in [2.75, 3.05) is 44.3 Å². The molecule has 1 amide bonds. The van der Waals surface area contributed by atoms with E-state index in [4.69, 9.17) is 16.3 Å². The Balaban J connectivity index is 1.70. The van der Waals surface area contributed by atoms with Crippen molar-refractivity contribution in [3.05, 3.63) is 71.9 Å². The predicted molar refractivity (Wildman–Crippen MR) is 122 cm³/mol. The molecule has 2 aromatic rings. The number of morpholine rings is 1. The molecular weight excluding hydrogens is 420 g/mol. The number of benzene rings is 1. The first kappa shape index (κ1) is 22.3. The summed E-state index contributed by atoms with van der Waals surface area (Å²) in [5.74, 6) is 1.40. The quantitative estimate of drug-likeness (QED) is 0.251. The Bertz CT molecular complexity index is 892. The monoisotopic (exact) mass is 444 g/mol. The molecule has 1 aromatic carbocycles. The molecule has 0 N–H and O–H groups in total. The summed E-state index contributed by atoms with van der Waals surface area (Å²) in [5, 5.41) is 0.970. The molecule has 6 nitrogen and oxygen atoms in total. The van der Waals surface area contributed by atoms with Crippen LogP contribution in [-0.4, -0.2) is 60.2 Å². The fourth-order valence-corrected chi connectivity index (χ4v) is 4.10. The average molecular weight is 445 g/mol. The molecular formula is C22H25ClN4O2S. The summed E-state index contributed by atoms with van der Waals surface area (Å²) in [4.78, 5) is 25.5. The summed E-state index contributed by atoms with van der Waals surface area (Å²) in [7, 11) is 0. The zero-order chi connectivity index (χ0) is 21.3. The van der Waals surface area contributed by atoms with Gasteiger partial charge < -0.3 is 14.5 Å². The minimum atomic E-state index is 0.0379. The highest BCUT2D eigenvalue weighted by atomic mass is 35.5. The molecule has 0 aliphatic carbocycles. The maximum absolute atomic E-state index is 12.7. The number of hydrogen-bond acceptors (Lipinski definition) is 6. The number of ether oxygens (including phenoxy) is 1. The number of hydrogen-bond donors (Lipinski definition) is 0. The van der Waals surface area contributed by atoms with Crippen LogP contribution in [0.25, 0.3) is 0 Å². The Morgan fingerprint density at radius 1 is 1.20 bits per heavy atom. The molecule has 1 fully saturated rings. The van der Waals surface area contributed by atoms with E-state index >= 15 is 0 Å². The van der Waals surface area contributed by atoms with Gasteiger partial charge in [0.2, 0.25) is 0 Å². The van der Waals surface area contributed by atoms with Crippen LogP contribution in [0, 0.1) is 0 Å². The van der Waals surface area contributed by atoms with E-state index in [-0.39, 0.29) is 5.91 Å². The van der Waals surface area contributed by atoms with Crippen LogP contribution in [0.15, 0.2) is 60.8 Å². The third-order valence-corrected chi connectivity index (χ3v) is 5.64. The molecule has 0 unspecified atom stereocenters. The molecule has 0 radical (unpaired) electrons. The van der Waals surface area contributed by atoms with E-state index < -0.39 is 0 Å². The Morgan fingerprint density at radius 3 is 2.63 bits per heavy atom. The van der Waals surface area contributed by atoms with Gasteiger partial charge in [-0.2, -0.15) is 0 Å². The van der Waals surface area contributed by atoms with Crippen LogP contribution in [0.3, 0.4) is 0 Å². The fourth-order valence-electron chi connectivity index (χ4n) is 3.08. The van der Waals surface area contributed by atoms with Crippen LogP contribution >= 0.6 is 23.4 Å². The lowest BCUT2D eigenvalue weighted by Crippen LogP contribution is -2.40. The van der Waals surface area contributed by atoms with E-state index in [1.54, 1.807) is 6.07 Å². The van der Waals surface area contributed by atoms with Crippen molar-refractivity contribution in [2.45, 2.75) is 10.9 Å². The van der Waals surface area contributed by atoms with Crippen LogP contribution in [0.2, 0.25) is 5.15 Å².